The van der Waals surface area contributed by atoms with Gasteiger partial charge in [-0.2, -0.15) is 0 Å². The molecule has 0 aliphatic carbocycles. The first kappa shape index (κ1) is 17.3. The van der Waals surface area contributed by atoms with Crippen LogP contribution in [0.25, 0.3) is 0 Å². The highest BCUT2D eigenvalue weighted by atomic mass is 16.5. The molecule has 0 aliphatic heterocycles. The molecule has 126 valence electrons. The summed E-state index contributed by atoms with van der Waals surface area (Å²) in [5.41, 5.74) is 2.53. The number of ether oxygens (including phenoxy) is 2. The molecule has 0 aliphatic rings. The molecule has 24 heavy (non-hydrogen) atoms. The number of nitrogens with one attached hydrogen (secondary N) is 1. The summed E-state index contributed by atoms with van der Waals surface area (Å²) in [5, 5.41) is 11.3. The minimum Gasteiger partial charge on any atom is -0.483 e. The van der Waals surface area contributed by atoms with Crippen LogP contribution in [0.4, 0.5) is 5.69 Å². The van der Waals surface area contributed by atoms with Gasteiger partial charge in [-0.25, -0.2) is 4.79 Å². The van der Waals surface area contributed by atoms with E-state index in [0.717, 1.165) is 11.1 Å². The Labute approximate surface area is 140 Å². The number of carboxylic acids is 1. The highest BCUT2D eigenvalue weighted by molar-refractivity contribution is 5.91. The van der Waals surface area contributed by atoms with Crippen LogP contribution >= 0.6 is 0 Å². The maximum Gasteiger partial charge on any atom is 0.341 e. The van der Waals surface area contributed by atoms with Crippen LogP contribution in [0.2, 0.25) is 0 Å². The second-order valence-corrected chi connectivity index (χ2v) is 5.26. The Bertz CT molecular complexity index is 704. The van der Waals surface area contributed by atoms with Crippen LogP contribution in [0, 0.1) is 13.8 Å². The van der Waals surface area contributed by atoms with Gasteiger partial charge in [-0.3, -0.25) is 4.79 Å². The van der Waals surface area contributed by atoms with Gasteiger partial charge in [-0.1, -0.05) is 18.2 Å². The average molecular weight is 329 g/mol. The third-order valence-corrected chi connectivity index (χ3v) is 3.26. The number of carbonyl (C=O) groups excluding carboxylic acids is 1. The third kappa shape index (κ3) is 5.01. The van der Waals surface area contributed by atoms with E-state index in [4.69, 9.17) is 14.6 Å². The van der Waals surface area contributed by atoms with Gasteiger partial charge in [0.25, 0.3) is 5.91 Å². The summed E-state index contributed by atoms with van der Waals surface area (Å²) in [5.74, 6) is -0.194. The second kappa shape index (κ2) is 8.01. The largest absolute Gasteiger partial charge is 0.483 e. The molecule has 0 radical (unpaired) electrons. The van der Waals surface area contributed by atoms with Crippen LogP contribution in [0.15, 0.2) is 42.5 Å². The molecule has 0 bridgehead atoms. The van der Waals surface area contributed by atoms with Crippen molar-refractivity contribution in [3.63, 3.8) is 0 Å². The number of hydrogen-bond donors (Lipinski definition) is 2. The molecule has 1 amide bonds. The van der Waals surface area contributed by atoms with Gasteiger partial charge >= 0.3 is 5.97 Å². The number of aryl methyl sites for hydroxylation is 2. The van der Waals surface area contributed by atoms with Gasteiger partial charge in [-0.05, 0) is 49.2 Å². The zero-order valence-corrected chi connectivity index (χ0v) is 13.5. The lowest BCUT2D eigenvalue weighted by molar-refractivity contribution is -0.139. The van der Waals surface area contributed by atoms with Crippen LogP contribution < -0.4 is 14.8 Å². The summed E-state index contributed by atoms with van der Waals surface area (Å²) < 4.78 is 10.6. The molecule has 2 N–H and O–H groups in total. The Kier molecular flexibility index (Phi) is 5.78. The maximum absolute atomic E-state index is 12.0. The van der Waals surface area contributed by atoms with E-state index in [-0.39, 0.29) is 12.5 Å². The van der Waals surface area contributed by atoms with Crippen LogP contribution in [0.3, 0.4) is 0 Å². The Balaban J connectivity index is 1.87. The van der Waals surface area contributed by atoms with Crippen LogP contribution in [0.5, 0.6) is 11.5 Å². The Hall–Kier alpha value is -3.02. The van der Waals surface area contributed by atoms with Crippen molar-refractivity contribution in [3.05, 3.63) is 53.6 Å². The molecule has 0 fully saturated rings. The molecule has 0 unspecified atom stereocenters. The molecule has 0 atom stereocenters. The van der Waals surface area contributed by atoms with Crippen LogP contribution in [0.1, 0.15) is 11.1 Å². The van der Waals surface area contributed by atoms with E-state index in [1.807, 2.05) is 32.0 Å². The lowest BCUT2D eigenvalue weighted by Crippen LogP contribution is -2.20. The van der Waals surface area contributed by atoms with Gasteiger partial charge in [-0.15, -0.1) is 0 Å². The summed E-state index contributed by atoms with van der Waals surface area (Å²) in [4.78, 5) is 22.4. The molecule has 0 saturated heterocycles. The van der Waals surface area contributed by atoms with E-state index in [1.165, 1.54) is 0 Å². The molecular formula is C18H19NO5. The fraction of sp³-hybridized carbons (Fsp3) is 0.222. The summed E-state index contributed by atoms with van der Waals surface area (Å²) in [6.07, 6.45) is 0. The van der Waals surface area contributed by atoms with Gasteiger partial charge in [0.2, 0.25) is 0 Å². The van der Waals surface area contributed by atoms with Crippen molar-refractivity contribution >= 4 is 17.6 Å². The number of anilines is 1. The van der Waals surface area contributed by atoms with Crippen molar-refractivity contribution in [1.82, 2.24) is 0 Å². The molecule has 6 heteroatoms. The van der Waals surface area contributed by atoms with E-state index in [9.17, 15) is 9.59 Å². The molecule has 0 aromatic heterocycles. The summed E-state index contributed by atoms with van der Waals surface area (Å²) >= 11 is 0. The first-order valence-corrected chi connectivity index (χ1v) is 7.39. The van der Waals surface area contributed by atoms with Gasteiger partial charge < -0.3 is 19.9 Å². The number of carboxylic acid groups (broad SMARTS) is 1. The molecule has 2 rings (SSSR count). The number of para-hydroxylation sites is 1. The number of amides is 1. The second-order valence-electron chi connectivity index (χ2n) is 5.26. The molecule has 0 saturated carbocycles. The monoisotopic (exact) mass is 329 g/mol. The Morgan fingerprint density at radius 1 is 0.958 bits per heavy atom. The predicted octanol–water partition coefficient (Wildman–Crippen LogP) is 2.78. The van der Waals surface area contributed by atoms with Crippen molar-refractivity contribution in [2.75, 3.05) is 18.5 Å². The first-order chi connectivity index (χ1) is 11.5. The van der Waals surface area contributed by atoms with Crippen molar-refractivity contribution in [2.45, 2.75) is 13.8 Å². The molecule has 2 aromatic rings. The molecule has 6 nitrogen and oxygen atoms in total. The quantitative estimate of drug-likeness (QED) is 0.816. The minimum absolute atomic E-state index is 0.0943. The van der Waals surface area contributed by atoms with Crippen molar-refractivity contribution in [1.29, 1.82) is 0 Å². The summed E-state index contributed by atoms with van der Waals surface area (Å²) in [6, 6.07) is 12.2. The number of hydrogen-bond acceptors (Lipinski definition) is 4. The Morgan fingerprint density at radius 3 is 2.17 bits per heavy atom. The zero-order valence-electron chi connectivity index (χ0n) is 13.5. The maximum atomic E-state index is 12.0. The number of benzene rings is 2. The van der Waals surface area contributed by atoms with Gasteiger partial charge in [0.1, 0.15) is 11.5 Å². The number of rotatable bonds is 7. The molecule has 2 aromatic carbocycles. The molecule has 0 spiro atoms. The smallest absolute Gasteiger partial charge is 0.341 e. The van der Waals surface area contributed by atoms with Gasteiger partial charge in [0.05, 0.1) is 0 Å². The zero-order chi connectivity index (χ0) is 17.5. The van der Waals surface area contributed by atoms with Crippen molar-refractivity contribution in [3.8, 4) is 11.5 Å². The third-order valence-electron chi connectivity index (χ3n) is 3.26. The molecular weight excluding hydrogens is 310 g/mol. The van der Waals surface area contributed by atoms with Crippen molar-refractivity contribution in [2.24, 2.45) is 0 Å². The average Bonchev–Trinajstić information content (AvgIpc) is 2.53. The predicted molar refractivity (Wildman–Crippen MR) is 89.6 cm³/mol. The van der Waals surface area contributed by atoms with E-state index >= 15 is 0 Å². The number of carbonyl (C=O) groups is 2. The van der Waals surface area contributed by atoms with E-state index in [1.54, 1.807) is 24.3 Å². The SMILES string of the molecule is Cc1cccc(C)c1OCC(=O)Nc1ccc(OCC(=O)O)cc1. The highest BCUT2D eigenvalue weighted by Gasteiger charge is 2.08. The fourth-order valence-corrected chi connectivity index (χ4v) is 2.14. The molecule has 0 heterocycles. The summed E-state index contributed by atoms with van der Waals surface area (Å²) in [7, 11) is 0. The lowest BCUT2D eigenvalue weighted by Gasteiger charge is -2.12. The fourth-order valence-electron chi connectivity index (χ4n) is 2.14. The van der Waals surface area contributed by atoms with Crippen LogP contribution in [-0.4, -0.2) is 30.2 Å². The topological polar surface area (TPSA) is 84.9 Å². The van der Waals surface area contributed by atoms with E-state index in [2.05, 4.69) is 5.32 Å². The first-order valence-electron chi connectivity index (χ1n) is 7.39. The van der Waals surface area contributed by atoms with Gasteiger partial charge in [0, 0.05) is 5.69 Å². The van der Waals surface area contributed by atoms with E-state index in [0.29, 0.717) is 17.2 Å². The normalized spacial score (nSPS) is 10.1. The standard InChI is InChI=1S/C18H19NO5/c1-12-4-3-5-13(2)18(12)24-10-16(20)19-14-6-8-15(9-7-14)23-11-17(21)22/h3-9H,10-11H2,1-2H3,(H,19,20)(H,21,22). The highest BCUT2D eigenvalue weighted by Crippen LogP contribution is 2.22. The van der Waals surface area contributed by atoms with E-state index < -0.39 is 12.6 Å². The van der Waals surface area contributed by atoms with Crippen LogP contribution in [-0.2, 0) is 9.59 Å². The lowest BCUT2D eigenvalue weighted by atomic mass is 10.1. The summed E-state index contributed by atoms with van der Waals surface area (Å²) in [6.45, 7) is 3.35. The number of aliphatic carboxylic acids is 1. The van der Waals surface area contributed by atoms with Crippen molar-refractivity contribution < 1.29 is 24.2 Å². The Morgan fingerprint density at radius 2 is 1.58 bits per heavy atom. The van der Waals surface area contributed by atoms with Gasteiger partial charge in [0.15, 0.2) is 13.2 Å². The minimum atomic E-state index is -1.05.